The summed E-state index contributed by atoms with van der Waals surface area (Å²) in [5.41, 5.74) is 4.66. The number of rotatable bonds is 6. The Hall–Kier alpha value is -4.00. The molecule has 1 aliphatic carbocycles. The van der Waals surface area contributed by atoms with Crippen LogP contribution in [0.4, 0.5) is 16.2 Å². The third-order valence-electron chi connectivity index (χ3n) is 6.81. The largest absolute Gasteiger partial charge is 0.345 e. The van der Waals surface area contributed by atoms with Gasteiger partial charge in [0.05, 0.1) is 29.4 Å². The lowest BCUT2D eigenvalue weighted by atomic mass is 9.83. The van der Waals surface area contributed by atoms with E-state index >= 15 is 0 Å². The summed E-state index contributed by atoms with van der Waals surface area (Å²) in [7, 11) is 0. The van der Waals surface area contributed by atoms with Gasteiger partial charge in [0.2, 0.25) is 0 Å². The molecule has 0 N–H and O–H groups in total. The maximum absolute atomic E-state index is 14.0. The second-order valence-corrected chi connectivity index (χ2v) is 9.17. The summed E-state index contributed by atoms with van der Waals surface area (Å²) in [6.45, 7) is 0.674. The molecule has 5 rings (SSSR count). The van der Waals surface area contributed by atoms with Gasteiger partial charge in [-0.2, -0.15) is 5.10 Å². The Morgan fingerprint density at radius 2 is 1.49 bits per heavy atom. The third kappa shape index (κ3) is 4.94. The first kappa shape index (κ1) is 22.8. The van der Waals surface area contributed by atoms with Gasteiger partial charge in [0, 0.05) is 23.6 Å². The number of carbonyl (C=O) groups excluding carboxylic acids is 1. The lowest BCUT2D eigenvalue weighted by Gasteiger charge is -2.26. The molecule has 1 fully saturated rings. The Morgan fingerprint density at radius 1 is 0.829 bits per heavy atom. The number of nitro groups is 1. The van der Waals surface area contributed by atoms with E-state index in [0.717, 1.165) is 40.9 Å². The SMILES string of the molecule is O=C1N(Cc2ccccc2)N=C(C2CCCCC2)c2ccccc2N1Cc1ccc([N+](=O)[O-])cc1. The summed E-state index contributed by atoms with van der Waals surface area (Å²) in [4.78, 5) is 26.4. The lowest BCUT2D eigenvalue weighted by molar-refractivity contribution is -0.384. The van der Waals surface area contributed by atoms with Crippen molar-refractivity contribution < 1.29 is 9.72 Å². The van der Waals surface area contributed by atoms with Crippen LogP contribution in [0.3, 0.4) is 0 Å². The summed E-state index contributed by atoms with van der Waals surface area (Å²) in [6.07, 6.45) is 5.73. The molecule has 0 spiro atoms. The molecule has 0 saturated heterocycles. The van der Waals surface area contributed by atoms with Crippen molar-refractivity contribution in [1.82, 2.24) is 5.01 Å². The van der Waals surface area contributed by atoms with Crippen molar-refractivity contribution in [2.75, 3.05) is 4.90 Å². The minimum Gasteiger partial charge on any atom is -0.288 e. The molecule has 1 saturated carbocycles. The van der Waals surface area contributed by atoms with E-state index < -0.39 is 4.92 Å². The van der Waals surface area contributed by atoms with Crippen LogP contribution in [0.1, 0.15) is 48.8 Å². The Morgan fingerprint density at radius 3 is 2.20 bits per heavy atom. The van der Waals surface area contributed by atoms with E-state index in [1.54, 1.807) is 22.0 Å². The van der Waals surface area contributed by atoms with Gasteiger partial charge in [-0.25, -0.2) is 9.80 Å². The highest BCUT2D eigenvalue weighted by Gasteiger charge is 2.33. The van der Waals surface area contributed by atoms with Crippen molar-refractivity contribution in [3.63, 3.8) is 0 Å². The molecule has 0 unspecified atom stereocenters. The first-order valence-electron chi connectivity index (χ1n) is 12.1. The molecule has 35 heavy (non-hydrogen) atoms. The quantitative estimate of drug-likeness (QED) is 0.305. The molecular weight excluding hydrogens is 440 g/mol. The Balaban J connectivity index is 1.56. The molecule has 0 atom stereocenters. The maximum atomic E-state index is 14.0. The van der Waals surface area contributed by atoms with Gasteiger partial charge in [0.1, 0.15) is 0 Å². The minimum absolute atomic E-state index is 0.0324. The normalized spacial score (nSPS) is 16.5. The van der Waals surface area contributed by atoms with E-state index in [1.807, 2.05) is 48.5 Å². The third-order valence-corrected chi connectivity index (χ3v) is 6.81. The van der Waals surface area contributed by atoms with Gasteiger partial charge in [0.15, 0.2) is 0 Å². The number of para-hydroxylation sites is 1. The average Bonchev–Trinajstić information content (AvgIpc) is 3.01. The lowest BCUT2D eigenvalue weighted by Crippen LogP contribution is -2.39. The van der Waals surface area contributed by atoms with Gasteiger partial charge < -0.3 is 0 Å². The van der Waals surface area contributed by atoms with Crippen LogP contribution in [0.15, 0.2) is 84.0 Å². The smallest absolute Gasteiger partial charge is 0.288 e. The number of benzene rings is 3. The number of urea groups is 1. The summed E-state index contributed by atoms with van der Waals surface area (Å²) >= 11 is 0. The highest BCUT2D eigenvalue weighted by molar-refractivity contribution is 6.11. The van der Waals surface area contributed by atoms with Crippen molar-refractivity contribution >= 4 is 23.1 Å². The van der Waals surface area contributed by atoms with Gasteiger partial charge in [-0.15, -0.1) is 0 Å². The summed E-state index contributed by atoms with van der Waals surface area (Å²) in [5, 5.41) is 17.7. The van der Waals surface area contributed by atoms with Crippen molar-refractivity contribution in [1.29, 1.82) is 0 Å². The van der Waals surface area contributed by atoms with Gasteiger partial charge in [-0.1, -0.05) is 79.9 Å². The van der Waals surface area contributed by atoms with E-state index in [-0.39, 0.29) is 11.7 Å². The van der Waals surface area contributed by atoms with Crippen LogP contribution in [0, 0.1) is 16.0 Å². The molecule has 3 aromatic carbocycles. The number of carbonyl (C=O) groups is 1. The number of hydrazone groups is 1. The van der Waals surface area contributed by atoms with E-state index in [9.17, 15) is 14.9 Å². The molecule has 0 bridgehead atoms. The predicted octanol–water partition coefficient (Wildman–Crippen LogP) is 6.52. The van der Waals surface area contributed by atoms with Crippen LogP contribution in [0.5, 0.6) is 0 Å². The fourth-order valence-corrected chi connectivity index (χ4v) is 4.99. The zero-order valence-corrected chi connectivity index (χ0v) is 19.5. The van der Waals surface area contributed by atoms with Gasteiger partial charge in [-0.05, 0) is 30.0 Å². The molecule has 1 aliphatic heterocycles. The predicted molar refractivity (Wildman–Crippen MR) is 136 cm³/mol. The number of hydrogen-bond acceptors (Lipinski definition) is 4. The number of hydrogen-bond donors (Lipinski definition) is 0. The summed E-state index contributed by atoms with van der Waals surface area (Å²) in [5.74, 6) is 0.315. The monoisotopic (exact) mass is 468 g/mol. The number of fused-ring (bicyclic) bond motifs is 1. The molecule has 178 valence electrons. The van der Waals surface area contributed by atoms with Crippen LogP contribution < -0.4 is 4.90 Å². The van der Waals surface area contributed by atoms with Crippen LogP contribution in [-0.4, -0.2) is 21.7 Å². The number of nitrogens with zero attached hydrogens (tertiary/aromatic N) is 4. The zero-order chi connectivity index (χ0) is 24.2. The second-order valence-electron chi connectivity index (χ2n) is 9.17. The van der Waals surface area contributed by atoms with Gasteiger partial charge in [0.25, 0.3) is 5.69 Å². The van der Waals surface area contributed by atoms with E-state index in [2.05, 4.69) is 6.07 Å². The Bertz CT molecular complexity index is 1230. The van der Waals surface area contributed by atoms with E-state index in [0.29, 0.717) is 19.0 Å². The van der Waals surface area contributed by atoms with E-state index in [4.69, 9.17) is 5.10 Å². The molecule has 3 aromatic rings. The molecule has 1 heterocycles. The van der Waals surface area contributed by atoms with Gasteiger partial charge >= 0.3 is 6.03 Å². The van der Waals surface area contributed by atoms with Crippen LogP contribution in [0.25, 0.3) is 0 Å². The molecule has 2 amide bonds. The Labute approximate surface area is 204 Å². The van der Waals surface area contributed by atoms with Crippen molar-refractivity contribution in [3.8, 4) is 0 Å². The number of amides is 2. The molecule has 0 radical (unpaired) electrons. The fraction of sp³-hybridized carbons (Fsp3) is 0.286. The van der Waals surface area contributed by atoms with Gasteiger partial charge in [-0.3, -0.25) is 15.0 Å². The maximum Gasteiger partial charge on any atom is 0.345 e. The fourth-order valence-electron chi connectivity index (χ4n) is 4.99. The van der Waals surface area contributed by atoms with Crippen LogP contribution >= 0.6 is 0 Å². The highest BCUT2D eigenvalue weighted by atomic mass is 16.6. The molecular formula is C28H28N4O3. The van der Waals surface area contributed by atoms with E-state index in [1.165, 1.54) is 31.4 Å². The first-order valence-corrected chi connectivity index (χ1v) is 12.1. The number of non-ortho nitro benzene ring substituents is 1. The summed E-state index contributed by atoms with van der Waals surface area (Å²) in [6, 6.07) is 24.1. The van der Waals surface area contributed by atoms with Crippen molar-refractivity contribution in [3.05, 3.63) is 106 Å². The Kier molecular flexibility index (Phi) is 6.57. The summed E-state index contributed by atoms with van der Waals surface area (Å²) < 4.78 is 0. The molecule has 7 nitrogen and oxygen atoms in total. The van der Waals surface area contributed by atoms with Crippen LogP contribution in [-0.2, 0) is 13.1 Å². The molecule has 0 aromatic heterocycles. The first-order chi connectivity index (χ1) is 17.1. The van der Waals surface area contributed by atoms with Crippen molar-refractivity contribution in [2.45, 2.75) is 45.2 Å². The number of anilines is 1. The highest BCUT2D eigenvalue weighted by Crippen LogP contribution is 2.35. The second kappa shape index (κ2) is 10.1. The zero-order valence-electron chi connectivity index (χ0n) is 19.5. The molecule has 2 aliphatic rings. The topological polar surface area (TPSA) is 79.0 Å². The van der Waals surface area contributed by atoms with Crippen molar-refractivity contribution in [2.24, 2.45) is 11.0 Å². The minimum atomic E-state index is -0.415. The standard InChI is InChI=1S/C28H28N4O3/c33-28-30(19-22-15-17-24(18-16-22)32(34)35)26-14-8-7-13-25(26)27(23-11-5-2-6-12-23)29-31(28)20-21-9-3-1-4-10-21/h1,3-4,7-10,13-18,23H,2,5-6,11-12,19-20H2. The number of nitro benzene ring substituents is 1. The van der Waals surface area contributed by atoms with Crippen LogP contribution in [0.2, 0.25) is 0 Å². The molecule has 7 heteroatoms. The average molecular weight is 469 g/mol.